The molecule has 0 saturated carbocycles. The standard InChI is InChI=1S/C11H11ClN4OS/c1-5-4-8(17)16-11(13-5)18-10-9(12)14-6(2)7(3)15-10/h4H,1-3H3,(H,13,16,17). The first kappa shape index (κ1) is 13.0. The van der Waals surface area contributed by atoms with Gasteiger partial charge in [0.1, 0.15) is 5.03 Å². The number of aromatic amines is 1. The summed E-state index contributed by atoms with van der Waals surface area (Å²) in [6.07, 6.45) is 0. The Morgan fingerprint density at radius 3 is 2.50 bits per heavy atom. The Labute approximate surface area is 113 Å². The molecule has 1 N–H and O–H groups in total. The summed E-state index contributed by atoms with van der Waals surface area (Å²) in [6, 6.07) is 1.43. The lowest BCUT2D eigenvalue weighted by atomic mass is 10.4. The second-order valence-electron chi connectivity index (χ2n) is 3.78. The van der Waals surface area contributed by atoms with Gasteiger partial charge in [0, 0.05) is 11.8 Å². The number of aryl methyl sites for hydroxylation is 3. The first-order valence-corrected chi connectivity index (χ1v) is 6.41. The molecule has 0 aromatic carbocycles. The van der Waals surface area contributed by atoms with Crippen LogP contribution in [0.1, 0.15) is 17.1 Å². The summed E-state index contributed by atoms with van der Waals surface area (Å²) in [5.74, 6) is 0. The molecule has 5 nitrogen and oxygen atoms in total. The van der Waals surface area contributed by atoms with Crippen LogP contribution in [0.4, 0.5) is 0 Å². The number of halogens is 1. The fourth-order valence-corrected chi connectivity index (χ4v) is 2.43. The predicted molar refractivity (Wildman–Crippen MR) is 70.2 cm³/mol. The van der Waals surface area contributed by atoms with Crippen molar-refractivity contribution in [2.24, 2.45) is 0 Å². The van der Waals surface area contributed by atoms with Crippen LogP contribution in [0.25, 0.3) is 0 Å². The van der Waals surface area contributed by atoms with E-state index in [1.54, 1.807) is 6.92 Å². The third-order valence-electron chi connectivity index (χ3n) is 2.28. The highest BCUT2D eigenvalue weighted by molar-refractivity contribution is 7.99. The van der Waals surface area contributed by atoms with Crippen molar-refractivity contribution >= 4 is 23.4 Å². The molecule has 0 atom stereocenters. The summed E-state index contributed by atoms with van der Waals surface area (Å²) in [5.41, 5.74) is 2.04. The monoisotopic (exact) mass is 282 g/mol. The van der Waals surface area contributed by atoms with Gasteiger partial charge in [-0.1, -0.05) is 11.6 Å². The zero-order chi connectivity index (χ0) is 13.3. The Kier molecular flexibility index (Phi) is 3.68. The van der Waals surface area contributed by atoms with Crippen molar-refractivity contribution in [2.45, 2.75) is 31.0 Å². The highest BCUT2D eigenvalue weighted by Crippen LogP contribution is 2.28. The largest absolute Gasteiger partial charge is 0.301 e. The second kappa shape index (κ2) is 5.07. The molecule has 2 heterocycles. The molecule has 0 aliphatic carbocycles. The molecule has 0 fully saturated rings. The van der Waals surface area contributed by atoms with Crippen LogP contribution < -0.4 is 5.56 Å². The molecule has 0 bridgehead atoms. The van der Waals surface area contributed by atoms with E-state index in [0.717, 1.165) is 11.4 Å². The Balaban J connectivity index is 2.39. The molecular formula is C11H11ClN4OS. The van der Waals surface area contributed by atoms with Crippen LogP contribution in [0.15, 0.2) is 21.0 Å². The van der Waals surface area contributed by atoms with Crippen molar-refractivity contribution in [1.29, 1.82) is 0 Å². The lowest BCUT2D eigenvalue weighted by Crippen LogP contribution is -2.08. The SMILES string of the molecule is Cc1cc(=O)[nH]c(Sc2nc(C)c(C)nc2Cl)n1. The van der Waals surface area contributed by atoms with Crippen LogP contribution in [0.2, 0.25) is 5.15 Å². The van der Waals surface area contributed by atoms with Crippen LogP contribution >= 0.6 is 23.4 Å². The number of H-pyrrole nitrogens is 1. The second-order valence-corrected chi connectivity index (χ2v) is 5.12. The van der Waals surface area contributed by atoms with Crippen molar-refractivity contribution in [3.05, 3.63) is 38.7 Å². The number of rotatable bonds is 2. The van der Waals surface area contributed by atoms with Gasteiger partial charge >= 0.3 is 0 Å². The van der Waals surface area contributed by atoms with Gasteiger partial charge in [-0.15, -0.1) is 0 Å². The van der Waals surface area contributed by atoms with Crippen molar-refractivity contribution < 1.29 is 0 Å². The van der Waals surface area contributed by atoms with Crippen LogP contribution in [-0.2, 0) is 0 Å². The molecule has 0 unspecified atom stereocenters. The van der Waals surface area contributed by atoms with Crippen molar-refractivity contribution in [2.75, 3.05) is 0 Å². The zero-order valence-corrected chi connectivity index (χ0v) is 11.7. The van der Waals surface area contributed by atoms with Gasteiger partial charge in [-0.3, -0.25) is 4.79 Å². The summed E-state index contributed by atoms with van der Waals surface area (Å²) < 4.78 is 0. The summed E-state index contributed by atoms with van der Waals surface area (Å²) in [5, 5.41) is 1.31. The van der Waals surface area contributed by atoms with Gasteiger partial charge in [-0.25, -0.2) is 15.0 Å². The minimum absolute atomic E-state index is 0.196. The molecule has 0 radical (unpaired) electrons. The van der Waals surface area contributed by atoms with Gasteiger partial charge in [0.25, 0.3) is 5.56 Å². The van der Waals surface area contributed by atoms with E-state index in [1.165, 1.54) is 17.8 Å². The molecule has 7 heteroatoms. The summed E-state index contributed by atoms with van der Waals surface area (Å²) in [4.78, 5) is 26.7. The summed E-state index contributed by atoms with van der Waals surface area (Å²) in [7, 11) is 0. The van der Waals surface area contributed by atoms with Crippen LogP contribution in [-0.4, -0.2) is 19.9 Å². The molecule has 0 spiro atoms. The minimum atomic E-state index is -0.196. The van der Waals surface area contributed by atoms with Crippen molar-refractivity contribution in [3.63, 3.8) is 0 Å². The van der Waals surface area contributed by atoms with Gasteiger partial charge in [0.2, 0.25) is 0 Å². The maximum Gasteiger partial charge on any atom is 0.251 e. The van der Waals surface area contributed by atoms with Crippen molar-refractivity contribution in [3.8, 4) is 0 Å². The van der Waals surface area contributed by atoms with E-state index in [9.17, 15) is 4.79 Å². The topological polar surface area (TPSA) is 71.5 Å². The molecule has 2 aromatic rings. The average molecular weight is 283 g/mol. The van der Waals surface area contributed by atoms with E-state index in [1.807, 2.05) is 13.8 Å². The molecule has 2 aromatic heterocycles. The molecule has 0 saturated heterocycles. The first-order valence-electron chi connectivity index (χ1n) is 5.22. The average Bonchev–Trinajstić information content (AvgIpc) is 2.24. The zero-order valence-electron chi connectivity index (χ0n) is 10.1. The maximum atomic E-state index is 11.3. The minimum Gasteiger partial charge on any atom is -0.301 e. The van der Waals surface area contributed by atoms with E-state index < -0.39 is 0 Å². The summed E-state index contributed by atoms with van der Waals surface area (Å²) in [6.45, 7) is 5.46. The fourth-order valence-electron chi connectivity index (χ4n) is 1.31. The third-order valence-corrected chi connectivity index (χ3v) is 3.52. The summed E-state index contributed by atoms with van der Waals surface area (Å²) >= 11 is 7.21. The fraction of sp³-hybridized carbons (Fsp3) is 0.273. The van der Waals surface area contributed by atoms with E-state index in [4.69, 9.17) is 11.6 Å². The number of nitrogens with zero attached hydrogens (tertiary/aromatic N) is 3. The Hall–Kier alpha value is -1.40. The third kappa shape index (κ3) is 2.88. The van der Waals surface area contributed by atoms with Crippen LogP contribution in [0.5, 0.6) is 0 Å². The Morgan fingerprint density at radius 1 is 1.17 bits per heavy atom. The predicted octanol–water partition coefficient (Wildman–Crippen LogP) is 2.29. The lowest BCUT2D eigenvalue weighted by molar-refractivity contribution is 0.893. The highest BCUT2D eigenvalue weighted by atomic mass is 35.5. The van der Waals surface area contributed by atoms with Crippen LogP contribution in [0.3, 0.4) is 0 Å². The van der Waals surface area contributed by atoms with E-state index >= 15 is 0 Å². The Morgan fingerprint density at radius 2 is 1.83 bits per heavy atom. The molecular weight excluding hydrogens is 272 g/mol. The quantitative estimate of drug-likeness (QED) is 0.856. The number of nitrogens with one attached hydrogen (secondary N) is 1. The molecule has 0 aliphatic rings. The van der Waals surface area contributed by atoms with E-state index in [2.05, 4.69) is 19.9 Å². The normalized spacial score (nSPS) is 10.7. The molecule has 94 valence electrons. The van der Waals surface area contributed by atoms with Gasteiger partial charge in [-0.2, -0.15) is 0 Å². The molecule has 0 aliphatic heterocycles. The highest BCUT2D eigenvalue weighted by Gasteiger charge is 2.10. The Bertz CT molecular complexity index is 656. The number of hydrogen-bond acceptors (Lipinski definition) is 5. The first-order chi connectivity index (χ1) is 8.45. The molecule has 18 heavy (non-hydrogen) atoms. The number of aromatic nitrogens is 4. The van der Waals surface area contributed by atoms with Gasteiger partial charge < -0.3 is 4.98 Å². The van der Waals surface area contributed by atoms with Gasteiger partial charge in [0.05, 0.1) is 11.4 Å². The maximum absolute atomic E-state index is 11.3. The molecule has 0 amide bonds. The lowest BCUT2D eigenvalue weighted by Gasteiger charge is -2.05. The van der Waals surface area contributed by atoms with Crippen LogP contribution in [0, 0.1) is 20.8 Å². The van der Waals surface area contributed by atoms with E-state index in [0.29, 0.717) is 21.0 Å². The van der Waals surface area contributed by atoms with Gasteiger partial charge in [-0.05, 0) is 32.5 Å². The molecule has 2 rings (SSSR count). The van der Waals surface area contributed by atoms with E-state index in [-0.39, 0.29) is 5.56 Å². The van der Waals surface area contributed by atoms with Gasteiger partial charge in [0.15, 0.2) is 10.3 Å². The van der Waals surface area contributed by atoms with Crippen molar-refractivity contribution in [1.82, 2.24) is 19.9 Å². The number of hydrogen-bond donors (Lipinski definition) is 1. The smallest absolute Gasteiger partial charge is 0.251 e.